The van der Waals surface area contributed by atoms with Crippen LogP contribution in [0.15, 0.2) is 48.5 Å². The van der Waals surface area contributed by atoms with Crippen LogP contribution in [-0.4, -0.2) is 34.5 Å². The zero-order chi connectivity index (χ0) is 28.6. The van der Waals surface area contributed by atoms with Gasteiger partial charge in [0.05, 0.1) is 33.1 Å². The van der Waals surface area contributed by atoms with Crippen LogP contribution in [-0.2, 0) is 0 Å². The molecule has 0 spiro atoms. The molecule has 3 aromatic rings. The van der Waals surface area contributed by atoms with E-state index in [1.165, 1.54) is 6.42 Å². The topological polar surface area (TPSA) is 49.0 Å². The summed E-state index contributed by atoms with van der Waals surface area (Å²) >= 11 is 0. The maximum absolute atomic E-state index is 6.09. The van der Waals surface area contributed by atoms with E-state index in [-0.39, 0.29) is 37.2 Å². The maximum atomic E-state index is 6.09. The van der Waals surface area contributed by atoms with E-state index in [1.54, 1.807) is 21.3 Å². The minimum absolute atomic E-state index is 0. The van der Waals surface area contributed by atoms with Gasteiger partial charge in [-0.1, -0.05) is 68.5 Å². The van der Waals surface area contributed by atoms with E-state index in [1.807, 2.05) is 31.3 Å². The van der Waals surface area contributed by atoms with Crippen molar-refractivity contribution in [3.63, 3.8) is 0 Å². The quantitative estimate of drug-likeness (QED) is 0.148. The van der Waals surface area contributed by atoms with Crippen molar-refractivity contribution in [2.75, 3.05) is 33.7 Å². The van der Waals surface area contributed by atoms with E-state index in [0.717, 1.165) is 40.1 Å². The summed E-state index contributed by atoms with van der Waals surface area (Å²) in [6.45, 7) is 8.33. The zero-order valence-electron chi connectivity index (χ0n) is 25.1. The van der Waals surface area contributed by atoms with Crippen LogP contribution in [0.25, 0.3) is 24.3 Å². The molecule has 3 rings (SSSR count). The third-order valence-electron chi connectivity index (χ3n) is 6.02. The summed E-state index contributed by atoms with van der Waals surface area (Å²) in [5.41, 5.74) is 5.10. The molecule has 1 unspecified atom stereocenters. The van der Waals surface area contributed by atoms with Crippen LogP contribution >= 0.6 is 0 Å². The number of benzene rings is 3. The summed E-state index contributed by atoms with van der Waals surface area (Å²) in [5.74, 6) is 2.73. The van der Waals surface area contributed by atoms with Gasteiger partial charge in [0.25, 0.3) is 0 Å². The van der Waals surface area contributed by atoms with E-state index >= 15 is 0 Å². The van der Waals surface area contributed by atoms with Gasteiger partial charge in [0, 0.05) is 18.5 Å². The number of nitrogens with one attached hydrogen (secondary N) is 1. The number of hydrogen-bond donors (Lipinski definition) is 1. The Hall–Kier alpha value is -2.81. The molecule has 0 radical (unpaired) electrons. The van der Waals surface area contributed by atoms with Crippen molar-refractivity contribution >= 4 is 30.0 Å². The molecule has 212 valence electrons. The van der Waals surface area contributed by atoms with Gasteiger partial charge in [-0.25, -0.2) is 0 Å². The third kappa shape index (κ3) is 11.4. The SMILES string of the molecule is CCC(C)Oc1c(NC)cc(/C=C/c2ccc(/C=C/c3cc(OC)[c-]c(OC)c3)cc2)cc1OC.C[CH-]CC.[U+2]. The normalized spacial score (nSPS) is 11.3. The second kappa shape index (κ2) is 19.3. The molecule has 0 heterocycles. The number of rotatable bonds is 12. The number of anilines is 1. The Morgan fingerprint density at radius 3 is 1.68 bits per heavy atom. The van der Waals surface area contributed by atoms with Crippen LogP contribution in [0.1, 0.15) is 62.8 Å². The van der Waals surface area contributed by atoms with Gasteiger partial charge in [0.2, 0.25) is 0 Å². The molecule has 0 aromatic heterocycles. The number of unbranched alkanes of at least 4 members (excludes halogenated alkanes) is 1. The first kappa shape index (κ1) is 35.2. The third-order valence-corrected chi connectivity index (χ3v) is 6.02. The molecule has 40 heavy (non-hydrogen) atoms. The molecule has 6 heteroatoms. The Labute approximate surface area is 265 Å². The van der Waals surface area contributed by atoms with Crippen molar-refractivity contribution in [2.45, 2.75) is 46.6 Å². The maximum Gasteiger partial charge on any atom is 2.00 e. The molecule has 1 N–H and O–H groups in total. The van der Waals surface area contributed by atoms with Gasteiger partial charge >= 0.3 is 31.1 Å². The molecule has 0 saturated carbocycles. The van der Waals surface area contributed by atoms with Crippen LogP contribution in [0.2, 0.25) is 0 Å². The molecule has 0 amide bonds. The van der Waals surface area contributed by atoms with E-state index in [2.05, 4.69) is 94.1 Å². The second-order valence-corrected chi connectivity index (χ2v) is 8.89. The van der Waals surface area contributed by atoms with Crippen molar-refractivity contribution in [2.24, 2.45) is 0 Å². The minimum Gasteiger partial charge on any atom is -0.522 e. The largest absolute Gasteiger partial charge is 2.00 e. The first-order valence-electron chi connectivity index (χ1n) is 13.4. The molecule has 0 fully saturated rings. The Morgan fingerprint density at radius 1 is 0.800 bits per heavy atom. The molecule has 5 nitrogen and oxygen atoms in total. The van der Waals surface area contributed by atoms with Crippen molar-refractivity contribution in [3.8, 4) is 23.0 Å². The van der Waals surface area contributed by atoms with Gasteiger partial charge in [-0.05, 0) is 42.2 Å². The zero-order valence-corrected chi connectivity index (χ0v) is 29.3. The average molecular weight is 768 g/mol. The molecule has 0 aliphatic rings. The van der Waals surface area contributed by atoms with E-state index in [9.17, 15) is 0 Å². The van der Waals surface area contributed by atoms with Gasteiger partial charge in [0.1, 0.15) is 0 Å². The van der Waals surface area contributed by atoms with Gasteiger partial charge in [-0.3, -0.25) is 0 Å². The van der Waals surface area contributed by atoms with Crippen LogP contribution in [0.4, 0.5) is 5.69 Å². The molecule has 0 saturated heterocycles. The predicted octanol–water partition coefficient (Wildman–Crippen LogP) is 8.69. The molecule has 3 aromatic carbocycles. The molecule has 0 aliphatic heterocycles. The van der Waals surface area contributed by atoms with Crippen molar-refractivity contribution < 1.29 is 50.1 Å². The molecule has 1 atom stereocenters. The van der Waals surface area contributed by atoms with Gasteiger partial charge in [0.15, 0.2) is 11.5 Å². The fraction of sp³-hybridized carbons (Fsp3) is 0.324. The van der Waals surface area contributed by atoms with E-state index < -0.39 is 0 Å². The summed E-state index contributed by atoms with van der Waals surface area (Å²) in [5, 5.41) is 3.22. The summed E-state index contributed by atoms with van der Waals surface area (Å²) in [6.07, 6.45) is 12.6. The molecular weight excluding hydrogens is 724 g/mol. The Bertz CT molecular complexity index is 1160. The van der Waals surface area contributed by atoms with Gasteiger partial charge < -0.3 is 30.7 Å². The van der Waals surface area contributed by atoms with Crippen LogP contribution in [0.5, 0.6) is 23.0 Å². The van der Waals surface area contributed by atoms with Crippen molar-refractivity contribution in [1.82, 2.24) is 0 Å². The standard InChI is InChI=1S/C30H34NO4.C4H9.U/c1-7-21(2)35-30-28(31-3)18-25(19-29(30)34-6)15-13-23-10-8-22(9-11-23)12-14-24-16-26(32-4)20-27(17-24)33-5;1-3-4-2;/h8-19,21,31H,7H2,1-6H3;3H,4H2,1-2H3;/q2*-1;+2/b14-12+,15-13+;;. The van der Waals surface area contributed by atoms with E-state index in [0.29, 0.717) is 17.2 Å². The van der Waals surface area contributed by atoms with Crippen LogP contribution in [0, 0.1) is 43.6 Å². The van der Waals surface area contributed by atoms with Crippen LogP contribution < -0.4 is 24.3 Å². The fourth-order valence-electron chi connectivity index (χ4n) is 3.42. The summed E-state index contributed by atoms with van der Waals surface area (Å²) in [7, 11) is 6.79. The van der Waals surface area contributed by atoms with Crippen molar-refractivity contribution in [1.29, 1.82) is 0 Å². The molecule has 0 aliphatic carbocycles. The molecular formula is C34H43NO4U. The van der Waals surface area contributed by atoms with Gasteiger partial charge in [-0.15, -0.1) is 17.7 Å². The summed E-state index contributed by atoms with van der Waals surface area (Å²) in [6, 6.07) is 19.3. The smallest absolute Gasteiger partial charge is 0.522 e. The van der Waals surface area contributed by atoms with E-state index in [4.69, 9.17) is 18.9 Å². The predicted molar refractivity (Wildman–Crippen MR) is 166 cm³/mol. The summed E-state index contributed by atoms with van der Waals surface area (Å²) in [4.78, 5) is 0. The Balaban J connectivity index is 0.00000150. The van der Waals surface area contributed by atoms with Crippen LogP contribution in [0.3, 0.4) is 0 Å². The minimum atomic E-state index is 0. The Kier molecular flexibility index (Phi) is 17.0. The van der Waals surface area contributed by atoms with Gasteiger partial charge in [-0.2, -0.15) is 13.3 Å². The number of hydrogen-bond acceptors (Lipinski definition) is 5. The fourth-order valence-corrected chi connectivity index (χ4v) is 3.42. The first-order chi connectivity index (χ1) is 18.9. The van der Waals surface area contributed by atoms with Crippen molar-refractivity contribution in [3.05, 3.63) is 83.3 Å². The average Bonchev–Trinajstić information content (AvgIpc) is 2.99. The summed E-state index contributed by atoms with van der Waals surface area (Å²) < 4.78 is 22.3. The first-order valence-corrected chi connectivity index (χ1v) is 13.4. The molecule has 0 bridgehead atoms. The Morgan fingerprint density at radius 2 is 1.27 bits per heavy atom. The number of ether oxygens (including phenoxy) is 4. The number of methoxy groups -OCH3 is 3. The second-order valence-electron chi connectivity index (χ2n) is 8.89. The monoisotopic (exact) mass is 767 g/mol.